The second-order valence-electron chi connectivity index (χ2n) is 4.31. The van der Waals surface area contributed by atoms with Crippen molar-refractivity contribution in [2.75, 3.05) is 0 Å². The molecule has 3 heteroatoms. The molecule has 1 aliphatic rings. The Hall–Kier alpha value is -0.800. The molecule has 0 bridgehead atoms. The Kier molecular flexibility index (Phi) is 4.02. The van der Waals surface area contributed by atoms with Gasteiger partial charge in [0.25, 0.3) is 0 Å². The lowest BCUT2D eigenvalue weighted by Gasteiger charge is -2.23. The van der Waals surface area contributed by atoms with Crippen molar-refractivity contribution in [3.63, 3.8) is 0 Å². The van der Waals surface area contributed by atoms with Crippen molar-refractivity contribution in [2.24, 2.45) is 10.9 Å². The molecule has 1 N–H and O–H groups in total. The van der Waals surface area contributed by atoms with Crippen LogP contribution in [0.25, 0.3) is 0 Å². The molecule has 0 spiro atoms. The molecule has 2 atom stereocenters. The van der Waals surface area contributed by atoms with Crippen molar-refractivity contribution in [1.82, 2.24) is 0 Å². The van der Waals surface area contributed by atoms with E-state index in [0.717, 1.165) is 29.8 Å². The molecule has 0 heterocycles. The third-order valence-corrected chi connectivity index (χ3v) is 3.34. The number of thiol groups is 1. The number of benzene rings is 1. The van der Waals surface area contributed by atoms with E-state index in [0.29, 0.717) is 0 Å². The van der Waals surface area contributed by atoms with Gasteiger partial charge in [-0.05, 0) is 37.1 Å². The molecule has 1 fully saturated rings. The smallest absolute Gasteiger partial charge is 0.0626 e. The van der Waals surface area contributed by atoms with Gasteiger partial charge in [0.05, 0.1) is 11.8 Å². The maximum atomic E-state index is 9.79. The maximum absolute atomic E-state index is 9.79. The van der Waals surface area contributed by atoms with Crippen LogP contribution in [0.5, 0.6) is 0 Å². The molecule has 0 saturated heterocycles. The third-order valence-electron chi connectivity index (χ3n) is 3.05. The molecule has 2 rings (SSSR count). The Balaban J connectivity index is 2.00. The summed E-state index contributed by atoms with van der Waals surface area (Å²) in [6.45, 7) is 0. The van der Waals surface area contributed by atoms with E-state index in [1.54, 1.807) is 0 Å². The molecule has 0 radical (unpaired) electrons. The minimum Gasteiger partial charge on any atom is -0.392 e. The van der Waals surface area contributed by atoms with Crippen molar-refractivity contribution in [1.29, 1.82) is 0 Å². The van der Waals surface area contributed by atoms with Gasteiger partial charge in [-0.2, -0.15) is 0 Å². The van der Waals surface area contributed by atoms with Crippen LogP contribution in [-0.4, -0.2) is 17.4 Å². The zero-order valence-electron chi connectivity index (χ0n) is 9.21. The normalized spacial score (nSPS) is 26.1. The number of aliphatic hydroxyl groups is 1. The van der Waals surface area contributed by atoms with E-state index in [-0.39, 0.29) is 12.0 Å². The van der Waals surface area contributed by atoms with E-state index >= 15 is 0 Å². The molecule has 16 heavy (non-hydrogen) atoms. The first kappa shape index (κ1) is 11.7. The van der Waals surface area contributed by atoms with Crippen LogP contribution in [0.4, 0.5) is 5.69 Å². The summed E-state index contributed by atoms with van der Waals surface area (Å²) >= 11 is 4.22. The van der Waals surface area contributed by atoms with Crippen LogP contribution >= 0.6 is 12.6 Å². The van der Waals surface area contributed by atoms with Crippen LogP contribution in [0, 0.1) is 5.92 Å². The largest absolute Gasteiger partial charge is 0.392 e. The standard InChI is InChI=1S/C13H17NOS/c15-13-4-2-1-3-10(13)9-14-11-5-7-12(16)8-6-11/h5-10,13,15-16H,1-4H2/t10-,13-/m0/s1. The predicted octanol–water partition coefficient (Wildman–Crippen LogP) is 3.23. The molecule has 0 aliphatic heterocycles. The minimum atomic E-state index is -0.207. The van der Waals surface area contributed by atoms with Gasteiger partial charge in [0, 0.05) is 17.0 Å². The van der Waals surface area contributed by atoms with Crippen LogP contribution in [-0.2, 0) is 0 Å². The van der Waals surface area contributed by atoms with Crippen LogP contribution in [0.3, 0.4) is 0 Å². The highest BCUT2D eigenvalue weighted by molar-refractivity contribution is 7.80. The highest BCUT2D eigenvalue weighted by atomic mass is 32.1. The van der Waals surface area contributed by atoms with Gasteiger partial charge in [-0.25, -0.2) is 0 Å². The van der Waals surface area contributed by atoms with Gasteiger partial charge in [0.1, 0.15) is 0 Å². The van der Waals surface area contributed by atoms with Gasteiger partial charge < -0.3 is 5.11 Å². The van der Waals surface area contributed by atoms with Crippen molar-refractivity contribution < 1.29 is 5.11 Å². The number of aliphatic imine (C=N–C) groups is 1. The Bertz CT molecular complexity index is 361. The second-order valence-corrected chi connectivity index (χ2v) is 4.83. The third kappa shape index (κ3) is 3.09. The fraction of sp³-hybridized carbons (Fsp3) is 0.462. The number of aliphatic hydroxyl groups excluding tert-OH is 1. The van der Waals surface area contributed by atoms with Crippen LogP contribution in [0.1, 0.15) is 25.7 Å². The second kappa shape index (κ2) is 5.51. The maximum Gasteiger partial charge on any atom is 0.0626 e. The molecular formula is C13H17NOS. The number of rotatable bonds is 2. The van der Waals surface area contributed by atoms with Gasteiger partial charge in [-0.15, -0.1) is 12.6 Å². The van der Waals surface area contributed by atoms with Gasteiger partial charge in [-0.3, -0.25) is 4.99 Å². The topological polar surface area (TPSA) is 32.6 Å². The van der Waals surface area contributed by atoms with E-state index in [1.807, 2.05) is 30.5 Å². The summed E-state index contributed by atoms with van der Waals surface area (Å²) < 4.78 is 0. The van der Waals surface area contributed by atoms with Gasteiger partial charge in [0.2, 0.25) is 0 Å². The molecule has 1 saturated carbocycles. The lowest BCUT2D eigenvalue weighted by Crippen LogP contribution is -2.25. The summed E-state index contributed by atoms with van der Waals surface area (Å²) in [4.78, 5) is 5.34. The van der Waals surface area contributed by atoms with Crippen LogP contribution in [0.2, 0.25) is 0 Å². The predicted molar refractivity (Wildman–Crippen MR) is 69.8 cm³/mol. The lowest BCUT2D eigenvalue weighted by atomic mass is 9.87. The zero-order chi connectivity index (χ0) is 11.4. The average molecular weight is 235 g/mol. The fourth-order valence-electron chi connectivity index (χ4n) is 2.03. The van der Waals surface area contributed by atoms with E-state index in [2.05, 4.69) is 17.6 Å². The molecule has 0 aromatic heterocycles. The van der Waals surface area contributed by atoms with Crippen molar-refractivity contribution in [3.8, 4) is 0 Å². The van der Waals surface area contributed by atoms with E-state index in [9.17, 15) is 5.11 Å². The molecular weight excluding hydrogens is 218 g/mol. The van der Waals surface area contributed by atoms with E-state index in [1.165, 1.54) is 6.42 Å². The molecule has 1 aliphatic carbocycles. The number of hydrogen-bond acceptors (Lipinski definition) is 3. The molecule has 0 unspecified atom stereocenters. The Morgan fingerprint density at radius 2 is 1.88 bits per heavy atom. The number of nitrogens with zero attached hydrogens (tertiary/aromatic N) is 1. The summed E-state index contributed by atoms with van der Waals surface area (Å²) in [7, 11) is 0. The lowest BCUT2D eigenvalue weighted by molar-refractivity contribution is 0.103. The summed E-state index contributed by atoms with van der Waals surface area (Å²) in [6, 6.07) is 7.72. The summed E-state index contributed by atoms with van der Waals surface area (Å²) in [5.41, 5.74) is 0.926. The molecule has 1 aromatic carbocycles. The quantitative estimate of drug-likeness (QED) is 0.598. The first-order valence-corrected chi connectivity index (χ1v) is 6.22. The minimum absolute atomic E-state index is 0.207. The van der Waals surface area contributed by atoms with Crippen molar-refractivity contribution in [2.45, 2.75) is 36.7 Å². The molecule has 86 valence electrons. The highest BCUT2D eigenvalue weighted by Crippen LogP contribution is 2.24. The monoisotopic (exact) mass is 235 g/mol. The first-order valence-electron chi connectivity index (χ1n) is 5.77. The van der Waals surface area contributed by atoms with Crippen LogP contribution < -0.4 is 0 Å². The first-order chi connectivity index (χ1) is 7.75. The average Bonchev–Trinajstić information content (AvgIpc) is 2.30. The van der Waals surface area contributed by atoms with E-state index < -0.39 is 0 Å². The summed E-state index contributed by atoms with van der Waals surface area (Å²) in [5, 5.41) is 9.79. The van der Waals surface area contributed by atoms with Gasteiger partial charge >= 0.3 is 0 Å². The molecule has 1 aromatic rings. The Morgan fingerprint density at radius 1 is 1.19 bits per heavy atom. The zero-order valence-corrected chi connectivity index (χ0v) is 10.1. The van der Waals surface area contributed by atoms with Crippen LogP contribution in [0.15, 0.2) is 34.2 Å². The summed E-state index contributed by atoms with van der Waals surface area (Å²) in [6.07, 6.45) is 5.99. The SMILES string of the molecule is O[C@H]1CCCC[C@H]1C=Nc1ccc(S)cc1. The highest BCUT2D eigenvalue weighted by Gasteiger charge is 2.20. The van der Waals surface area contributed by atoms with Crippen molar-refractivity contribution >= 4 is 24.5 Å². The summed E-state index contributed by atoms with van der Waals surface area (Å²) in [5.74, 6) is 0.226. The fourth-order valence-corrected chi connectivity index (χ4v) is 2.18. The Labute approximate surface area is 102 Å². The Morgan fingerprint density at radius 3 is 2.56 bits per heavy atom. The van der Waals surface area contributed by atoms with Crippen molar-refractivity contribution in [3.05, 3.63) is 24.3 Å². The van der Waals surface area contributed by atoms with E-state index in [4.69, 9.17) is 0 Å². The molecule has 0 amide bonds. The van der Waals surface area contributed by atoms with Gasteiger partial charge in [0.15, 0.2) is 0 Å². The molecule has 2 nitrogen and oxygen atoms in total. The van der Waals surface area contributed by atoms with Gasteiger partial charge in [-0.1, -0.05) is 12.8 Å². The number of hydrogen-bond donors (Lipinski definition) is 2.